The molecule has 0 unspecified atom stereocenters. The molecule has 9 rings (SSSR count). The van der Waals surface area contributed by atoms with Crippen LogP contribution in [0, 0.1) is 0 Å². The lowest BCUT2D eigenvalue weighted by molar-refractivity contribution is 0.669. The molecule has 0 aliphatic heterocycles. The first-order chi connectivity index (χ1) is 22.3. The van der Waals surface area contributed by atoms with E-state index in [9.17, 15) is 0 Å². The Morgan fingerprint density at radius 1 is 0.400 bits per heavy atom. The minimum atomic E-state index is -0.391. The maximum atomic E-state index is 6.23. The Bertz CT molecular complexity index is 2300. The van der Waals surface area contributed by atoms with Crippen molar-refractivity contribution < 1.29 is 4.42 Å². The molecular formula is C43H29NO. The van der Waals surface area contributed by atoms with E-state index < -0.39 is 5.41 Å². The Morgan fingerprint density at radius 2 is 0.956 bits per heavy atom. The maximum absolute atomic E-state index is 6.23. The molecule has 45 heavy (non-hydrogen) atoms. The van der Waals surface area contributed by atoms with E-state index >= 15 is 0 Å². The van der Waals surface area contributed by atoms with Gasteiger partial charge < -0.3 is 9.73 Å². The summed E-state index contributed by atoms with van der Waals surface area (Å²) in [6, 6.07) is 60.9. The molecular weight excluding hydrogens is 546 g/mol. The summed E-state index contributed by atoms with van der Waals surface area (Å²) in [4.78, 5) is 0. The van der Waals surface area contributed by atoms with Crippen molar-refractivity contribution in [3.8, 4) is 22.3 Å². The largest absolute Gasteiger partial charge is 0.456 e. The number of rotatable bonds is 5. The van der Waals surface area contributed by atoms with Crippen molar-refractivity contribution in [2.75, 3.05) is 5.32 Å². The van der Waals surface area contributed by atoms with Crippen LogP contribution < -0.4 is 5.32 Å². The minimum absolute atomic E-state index is 0.391. The van der Waals surface area contributed by atoms with Crippen LogP contribution in [0.2, 0.25) is 0 Å². The van der Waals surface area contributed by atoms with E-state index in [0.717, 1.165) is 33.3 Å². The van der Waals surface area contributed by atoms with Gasteiger partial charge in [0, 0.05) is 22.1 Å². The van der Waals surface area contributed by atoms with Gasteiger partial charge in [-0.1, -0.05) is 127 Å². The summed E-state index contributed by atoms with van der Waals surface area (Å²) in [7, 11) is 0. The zero-order valence-electron chi connectivity index (χ0n) is 24.6. The van der Waals surface area contributed by atoms with Gasteiger partial charge in [-0.2, -0.15) is 0 Å². The third kappa shape index (κ3) is 3.96. The lowest BCUT2D eigenvalue weighted by atomic mass is 9.68. The topological polar surface area (TPSA) is 25.2 Å². The van der Waals surface area contributed by atoms with E-state index in [1.54, 1.807) is 0 Å². The van der Waals surface area contributed by atoms with Gasteiger partial charge in [-0.25, -0.2) is 0 Å². The molecule has 0 saturated carbocycles. The van der Waals surface area contributed by atoms with Crippen LogP contribution in [0.15, 0.2) is 174 Å². The summed E-state index contributed by atoms with van der Waals surface area (Å²) in [5, 5.41) is 5.94. The van der Waals surface area contributed by atoms with E-state index in [0.29, 0.717) is 0 Å². The molecule has 1 heterocycles. The van der Waals surface area contributed by atoms with Crippen LogP contribution >= 0.6 is 0 Å². The Labute approximate surface area is 262 Å². The van der Waals surface area contributed by atoms with E-state index in [-0.39, 0.29) is 0 Å². The lowest BCUT2D eigenvalue weighted by Crippen LogP contribution is -2.28. The van der Waals surface area contributed by atoms with Crippen LogP contribution in [-0.4, -0.2) is 0 Å². The third-order valence-corrected chi connectivity index (χ3v) is 9.32. The van der Waals surface area contributed by atoms with Crippen molar-refractivity contribution in [2.24, 2.45) is 0 Å². The van der Waals surface area contributed by atoms with Gasteiger partial charge in [0.25, 0.3) is 0 Å². The van der Waals surface area contributed by atoms with Gasteiger partial charge in [-0.05, 0) is 87.0 Å². The summed E-state index contributed by atoms with van der Waals surface area (Å²) in [5.41, 5.74) is 13.5. The number of benzene rings is 7. The summed E-state index contributed by atoms with van der Waals surface area (Å²) in [6.45, 7) is 0. The van der Waals surface area contributed by atoms with Crippen LogP contribution in [-0.2, 0) is 5.41 Å². The molecule has 8 aromatic rings. The molecule has 0 spiro atoms. The lowest BCUT2D eigenvalue weighted by Gasteiger charge is -2.33. The van der Waals surface area contributed by atoms with Crippen LogP contribution in [0.4, 0.5) is 11.4 Å². The van der Waals surface area contributed by atoms with Crippen molar-refractivity contribution in [1.29, 1.82) is 0 Å². The number of anilines is 2. The third-order valence-electron chi connectivity index (χ3n) is 9.32. The predicted octanol–water partition coefficient (Wildman–Crippen LogP) is 11.4. The molecule has 1 aliphatic carbocycles. The number of hydrogen-bond donors (Lipinski definition) is 1. The Hall–Kier alpha value is -5.86. The van der Waals surface area contributed by atoms with E-state index in [4.69, 9.17) is 4.42 Å². The molecule has 1 N–H and O–H groups in total. The monoisotopic (exact) mass is 575 g/mol. The number of fused-ring (bicyclic) bond motifs is 6. The number of hydrogen-bond acceptors (Lipinski definition) is 2. The highest BCUT2D eigenvalue weighted by molar-refractivity contribution is 6.07. The second kappa shape index (κ2) is 10.1. The second-order valence-electron chi connectivity index (χ2n) is 11.8. The number of furan rings is 1. The summed E-state index contributed by atoms with van der Waals surface area (Å²) in [5.74, 6) is 0. The average Bonchev–Trinajstić information content (AvgIpc) is 3.62. The normalized spacial score (nSPS) is 13.1. The molecule has 0 fully saturated rings. The van der Waals surface area contributed by atoms with Gasteiger partial charge in [0.2, 0.25) is 0 Å². The molecule has 212 valence electrons. The van der Waals surface area contributed by atoms with Gasteiger partial charge in [-0.3, -0.25) is 0 Å². The highest BCUT2D eigenvalue weighted by Gasteiger charge is 2.45. The summed E-state index contributed by atoms with van der Waals surface area (Å²) in [6.07, 6.45) is 0. The first-order valence-corrected chi connectivity index (χ1v) is 15.4. The van der Waals surface area contributed by atoms with Crippen molar-refractivity contribution in [3.05, 3.63) is 192 Å². The van der Waals surface area contributed by atoms with E-state index in [1.807, 2.05) is 6.07 Å². The van der Waals surface area contributed by atoms with Gasteiger partial charge >= 0.3 is 0 Å². The number of nitrogens with one attached hydrogen (secondary N) is 1. The summed E-state index contributed by atoms with van der Waals surface area (Å²) >= 11 is 0. The summed E-state index contributed by atoms with van der Waals surface area (Å²) < 4.78 is 6.23. The molecule has 0 atom stereocenters. The van der Waals surface area contributed by atoms with Crippen molar-refractivity contribution in [1.82, 2.24) is 0 Å². The highest BCUT2D eigenvalue weighted by Crippen LogP contribution is 2.56. The Balaban J connectivity index is 1.16. The fraction of sp³-hybridized carbons (Fsp3) is 0.0233. The van der Waals surface area contributed by atoms with E-state index in [2.05, 4.69) is 169 Å². The van der Waals surface area contributed by atoms with Crippen LogP contribution in [0.25, 0.3) is 44.2 Å². The smallest absolute Gasteiger partial charge is 0.135 e. The molecule has 7 aromatic carbocycles. The zero-order valence-corrected chi connectivity index (χ0v) is 24.6. The first kappa shape index (κ1) is 25.6. The van der Waals surface area contributed by atoms with Crippen molar-refractivity contribution >= 4 is 33.3 Å². The zero-order chi connectivity index (χ0) is 29.8. The maximum Gasteiger partial charge on any atom is 0.135 e. The molecule has 1 aliphatic rings. The molecule has 2 nitrogen and oxygen atoms in total. The molecule has 2 heteroatoms. The fourth-order valence-electron chi connectivity index (χ4n) is 7.36. The predicted molar refractivity (Wildman–Crippen MR) is 186 cm³/mol. The molecule has 1 aromatic heterocycles. The van der Waals surface area contributed by atoms with Gasteiger partial charge in [0.1, 0.15) is 11.2 Å². The molecule has 0 saturated heterocycles. The van der Waals surface area contributed by atoms with Gasteiger partial charge in [0.15, 0.2) is 0 Å². The van der Waals surface area contributed by atoms with Crippen LogP contribution in [0.3, 0.4) is 0 Å². The second-order valence-corrected chi connectivity index (χ2v) is 11.8. The fourth-order valence-corrected chi connectivity index (χ4v) is 7.36. The quantitative estimate of drug-likeness (QED) is 0.221. The average molecular weight is 576 g/mol. The van der Waals surface area contributed by atoms with Gasteiger partial charge in [0.05, 0.1) is 5.41 Å². The van der Waals surface area contributed by atoms with Crippen molar-refractivity contribution in [3.63, 3.8) is 0 Å². The molecule has 0 radical (unpaired) electrons. The minimum Gasteiger partial charge on any atom is -0.456 e. The molecule has 0 amide bonds. The van der Waals surface area contributed by atoms with Crippen LogP contribution in [0.5, 0.6) is 0 Å². The van der Waals surface area contributed by atoms with Gasteiger partial charge in [-0.15, -0.1) is 0 Å². The SMILES string of the molecule is c1ccc(-c2ccc3oc4ccc(Nc5ccc6c(c5)-c5ccccc5C6(c5ccccc5)c5ccccc5)cc4c3c2)cc1. The Morgan fingerprint density at radius 3 is 1.69 bits per heavy atom. The first-order valence-electron chi connectivity index (χ1n) is 15.4. The standard InChI is InChI=1S/C43H29NO/c1-4-12-29(13-5-1)30-20-24-41-37(26-30)38-28-34(22-25-42(38)45-41)44-33-21-23-40-36(27-33)35-18-10-11-19-39(35)43(40,31-14-6-2-7-15-31)32-16-8-3-9-17-32/h1-28,44H. The Kier molecular flexibility index (Phi) is 5.76. The van der Waals surface area contributed by atoms with Crippen LogP contribution in [0.1, 0.15) is 22.3 Å². The van der Waals surface area contributed by atoms with E-state index in [1.165, 1.54) is 44.5 Å². The molecule has 0 bridgehead atoms. The van der Waals surface area contributed by atoms with Crippen molar-refractivity contribution in [2.45, 2.75) is 5.41 Å². The highest BCUT2D eigenvalue weighted by atomic mass is 16.3.